The number of benzene rings is 1. The molecule has 0 N–H and O–H groups in total. The lowest BCUT2D eigenvalue weighted by molar-refractivity contribution is -0.137. The van der Waals surface area contributed by atoms with Crippen LogP contribution in [0.5, 0.6) is 0 Å². The van der Waals surface area contributed by atoms with E-state index in [9.17, 15) is 22.8 Å². The van der Waals surface area contributed by atoms with Crippen LogP contribution in [0, 0.1) is 0 Å². The van der Waals surface area contributed by atoms with Crippen molar-refractivity contribution < 1.29 is 27.4 Å². The van der Waals surface area contributed by atoms with E-state index in [-0.39, 0.29) is 34.8 Å². The predicted octanol–water partition coefficient (Wildman–Crippen LogP) is 4.95. The molecule has 0 radical (unpaired) electrons. The fraction of sp³-hybridized carbons (Fsp3) is 0.625. The number of piperazine rings is 1. The average Bonchev–Trinajstić information content (AvgIpc) is 3.06. The van der Waals surface area contributed by atoms with Gasteiger partial charge in [-0.1, -0.05) is 11.6 Å². The normalized spacial score (nSPS) is 23.6. The quantitative estimate of drug-likeness (QED) is 0.526. The fourth-order valence-corrected chi connectivity index (χ4v) is 7.11. The Balaban J connectivity index is 1.62. The molecule has 3 aliphatic rings. The van der Waals surface area contributed by atoms with Gasteiger partial charge in [0.25, 0.3) is 0 Å². The molecule has 8 nitrogen and oxygen atoms in total. The Kier molecular flexibility index (Phi) is 6.59. The maximum atomic E-state index is 14.0. The first-order valence-electron chi connectivity index (χ1n) is 12.0. The standard InChI is InChI=1S/C24H28ClF3N4O4S/c1-23(2,3)36-22(34)31-12-5-6-13(31)9-30(8-12)20-15-7-16(24(26,27)28)17(25)19-18(15)32(21(33)29-20)14(10-35-4)11-37-19/h7,12-14H,5-6,8-11H2,1-4H3. The summed E-state index contributed by atoms with van der Waals surface area (Å²) in [5, 5.41) is -0.203. The predicted molar refractivity (Wildman–Crippen MR) is 135 cm³/mol. The molecule has 13 heteroatoms. The summed E-state index contributed by atoms with van der Waals surface area (Å²) in [5.74, 6) is 0.510. The third-order valence-electron chi connectivity index (χ3n) is 6.92. The number of anilines is 1. The number of fused-ring (bicyclic) bond motifs is 2. The summed E-state index contributed by atoms with van der Waals surface area (Å²) in [6.45, 7) is 6.26. The van der Waals surface area contributed by atoms with Crippen LogP contribution in [0.2, 0.25) is 5.02 Å². The lowest BCUT2D eigenvalue weighted by Gasteiger charge is -2.42. The number of thioether (sulfide) groups is 1. The number of rotatable bonds is 3. The van der Waals surface area contributed by atoms with Gasteiger partial charge in [-0.2, -0.15) is 18.2 Å². The van der Waals surface area contributed by atoms with E-state index in [2.05, 4.69) is 4.98 Å². The number of halogens is 4. The number of methoxy groups -OCH3 is 1. The van der Waals surface area contributed by atoms with Gasteiger partial charge in [0.05, 0.1) is 45.7 Å². The van der Waals surface area contributed by atoms with Gasteiger partial charge in [-0.15, -0.1) is 11.8 Å². The number of amides is 1. The van der Waals surface area contributed by atoms with E-state index < -0.39 is 40.2 Å². The highest BCUT2D eigenvalue weighted by Crippen LogP contribution is 2.48. The highest BCUT2D eigenvalue weighted by Gasteiger charge is 2.46. The second kappa shape index (κ2) is 9.23. The summed E-state index contributed by atoms with van der Waals surface area (Å²) in [5.41, 5.74) is -1.83. The number of alkyl halides is 3. The van der Waals surface area contributed by atoms with Crippen molar-refractivity contribution >= 4 is 46.2 Å². The third-order valence-corrected chi connectivity index (χ3v) is 8.66. The third kappa shape index (κ3) is 4.65. The first-order chi connectivity index (χ1) is 17.3. The van der Waals surface area contributed by atoms with Crippen LogP contribution in [0.1, 0.15) is 45.2 Å². The van der Waals surface area contributed by atoms with Crippen LogP contribution >= 0.6 is 23.4 Å². The second-order valence-corrected chi connectivity index (χ2v) is 12.1. The van der Waals surface area contributed by atoms with Gasteiger partial charge in [0.2, 0.25) is 0 Å². The molecule has 202 valence electrons. The molecule has 0 aliphatic carbocycles. The van der Waals surface area contributed by atoms with Crippen molar-refractivity contribution in [3.8, 4) is 0 Å². The van der Waals surface area contributed by atoms with E-state index in [4.69, 9.17) is 21.1 Å². The minimum Gasteiger partial charge on any atom is -0.444 e. The SMILES string of the molecule is COCC1CSc2c(Cl)c(C(F)(F)F)cc3c(N4CC5CCC(C4)N5C(=O)OC(C)(C)C)nc(=O)n1c23. The van der Waals surface area contributed by atoms with Gasteiger partial charge in [0.15, 0.2) is 0 Å². The molecule has 1 amide bonds. The smallest absolute Gasteiger partial charge is 0.417 e. The molecule has 2 fully saturated rings. The molecule has 0 saturated carbocycles. The number of carbonyl (C=O) groups is 1. The number of aromatic nitrogens is 2. The Hall–Kier alpha value is -2.18. The molecule has 0 spiro atoms. The summed E-state index contributed by atoms with van der Waals surface area (Å²) in [4.78, 5) is 34.3. The molecule has 2 saturated heterocycles. The number of ether oxygens (including phenoxy) is 2. The van der Waals surface area contributed by atoms with Gasteiger partial charge in [0, 0.05) is 31.3 Å². The number of nitrogens with zero attached hydrogens (tertiary/aromatic N) is 4. The van der Waals surface area contributed by atoms with E-state index >= 15 is 0 Å². The zero-order valence-corrected chi connectivity index (χ0v) is 22.5. The molecule has 1 aromatic carbocycles. The molecule has 4 heterocycles. The molecular weight excluding hydrogens is 533 g/mol. The van der Waals surface area contributed by atoms with E-state index in [1.165, 1.54) is 23.4 Å². The number of hydrogen-bond acceptors (Lipinski definition) is 7. The molecule has 3 unspecified atom stereocenters. The van der Waals surface area contributed by atoms with Gasteiger partial charge in [-0.3, -0.25) is 9.47 Å². The molecular formula is C24H28ClF3N4O4S. The maximum absolute atomic E-state index is 14.0. The first-order valence-corrected chi connectivity index (χ1v) is 13.4. The Morgan fingerprint density at radius 1 is 1.22 bits per heavy atom. The molecule has 3 atom stereocenters. The molecule has 3 aliphatic heterocycles. The van der Waals surface area contributed by atoms with Crippen LogP contribution in [0.15, 0.2) is 15.8 Å². The Labute approximate surface area is 221 Å². The van der Waals surface area contributed by atoms with Gasteiger partial charge >= 0.3 is 18.0 Å². The van der Waals surface area contributed by atoms with E-state index in [1.807, 2.05) is 4.90 Å². The minimum atomic E-state index is -4.68. The monoisotopic (exact) mass is 560 g/mol. The zero-order valence-electron chi connectivity index (χ0n) is 20.9. The molecule has 2 aromatic rings. The lowest BCUT2D eigenvalue weighted by atomic mass is 10.1. The fourth-order valence-electron chi connectivity index (χ4n) is 5.51. The number of carbonyl (C=O) groups excluding carboxylic acids is 1. The van der Waals surface area contributed by atoms with E-state index in [0.29, 0.717) is 24.4 Å². The van der Waals surface area contributed by atoms with Crippen molar-refractivity contribution in [2.75, 3.05) is 37.5 Å². The van der Waals surface area contributed by atoms with Gasteiger partial charge in [-0.05, 0) is 39.7 Å². The van der Waals surface area contributed by atoms with Gasteiger partial charge < -0.3 is 14.4 Å². The summed E-state index contributed by atoms with van der Waals surface area (Å²) >= 11 is 7.46. The van der Waals surface area contributed by atoms with Crippen LogP contribution in [0.25, 0.3) is 10.9 Å². The molecule has 1 aromatic heterocycles. The summed E-state index contributed by atoms with van der Waals surface area (Å²) < 4.78 is 54.3. The van der Waals surface area contributed by atoms with Crippen molar-refractivity contribution in [3.63, 3.8) is 0 Å². The summed E-state index contributed by atoms with van der Waals surface area (Å²) in [7, 11) is 1.50. The van der Waals surface area contributed by atoms with Crippen molar-refractivity contribution in [1.82, 2.24) is 14.5 Å². The van der Waals surface area contributed by atoms with Crippen LogP contribution < -0.4 is 10.6 Å². The lowest BCUT2D eigenvalue weighted by Crippen LogP contribution is -2.57. The number of hydrogen-bond donors (Lipinski definition) is 0. The topological polar surface area (TPSA) is 76.9 Å². The van der Waals surface area contributed by atoms with E-state index in [1.54, 1.807) is 25.7 Å². The van der Waals surface area contributed by atoms with Crippen LogP contribution in [-0.2, 0) is 15.7 Å². The Morgan fingerprint density at radius 3 is 2.43 bits per heavy atom. The summed E-state index contributed by atoms with van der Waals surface area (Å²) in [6, 6.07) is 0.194. The van der Waals surface area contributed by atoms with Crippen LogP contribution in [0.3, 0.4) is 0 Å². The largest absolute Gasteiger partial charge is 0.444 e. The van der Waals surface area contributed by atoms with Gasteiger partial charge in [0.1, 0.15) is 11.4 Å². The highest BCUT2D eigenvalue weighted by molar-refractivity contribution is 7.99. The molecule has 5 rings (SSSR count). The highest BCUT2D eigenvalue weighted by atomic mass is 35.5. The zero-order chi connectivity index (χ0) is 26.9. The Bertz CT molecular complexity index is 1300. The van der Waals surface area contributed by atoms with Crippen molar-refractivity contribution in [3.05, 3.63) is 27.1 Å². The van der Waals surface area contributed by atoms with Crippen molar-refractivity contribution in [1.29, 1.82) is 0 Å². The van der Waals surface area contributed by atoms with E-state index in [0.717, 1.165) is 18.9 Å². The van der Waals surface area contributed by atoms with Crippen molar-refractivity contribution in [2.45, 2.75) is 68.4 Å². The molecule has 2 bridgehead atoms. The van der Waals surface area contributed by atoms with Gasteiger partial charge in [-0.25, -0.2) is 9.59 Å². The van der Waals surface area contributed by atoms with Crippen LogP contribution in [0.4, 0.5) is 23.8 Å². The van der Waals surface area contributed by atoms with Crippen LogP contribution in [-0.4, -0.2) is 70.8 Å². The summed E-state index contributed by atoms with van der Waals surface area (Å²) in [6.07, 6.45) is -3.63. The second-order valence-electron chi connectivity index (χ2n) is 10.6. The minimum absolute atomic E-state index is 0.180. The average molecular weight is 561 g/mol. The maximum Gasteiger partial charge on any atom is 0.417 e. The Morgan fingerprint density at radius 2 is 1.86 bits per heavy atom. The first kappa shape index (κ1) is 26.4. The van der Waals surface area contributed by atoms with Crippen molar-refractivity contribution in [2.24, 2.45) is 0 Å². The molecule has 37 heavy (non-hydrogen) atoms.